The first-order valence-corrected chi connectivity index (χ1v) is 17.8. The van der Waals surface area contributed by atoms with Crippen LogP contribution in [0.1, 0.15) is 5.48 Å². The lowest BCUT2D eigenvalue weighted by atomic mass is 9.99. The molecule has 0 unspecified atom stereocenters. The molecule has 1 nitrogen and oxygen atoms in total. The molecule has 0 radical (unpaired) electrons. The van der Waals surface area contributed by atoms with Crippen LogP contribution in [0.3, 0.4) is 0 Å². The third-order valence-corrected chi connectivity index (χ3v) is 9.78. The summed E-state index contributed by atoms with van der Waals surface area (Å²) in [6.07, 6.45) is 0. The number of anilines is 3. The predicted octanol–water partition coefficient (Wildman–Crippen LogP) is 14.6. The largest absolute Gasteiger partial charge is 0.310 e. The van der Waals surface area contributed by atoms with Gasteiger partial charge in [-0.25, -0.2) is 0 Å². The Labute approximate surface area is 317 Å². The molecule has 0 atom stereocenters. The SMILES string of the molecule is [2H]c1c([2H])c(-c2ccc3ccccc3c2)c([2H])c(N(c2ccc(-c3ccc(-c4ccccc4)cc3)cc2)c2ccc(-c3ccc(-c4ccccc4)cc3)cc2)c1[2H]. The van der Waals surface area contributed by atoms with Gasteiger partial charge >= 0.3 is 0 Å². The lowest BCUT2D eigenvalue weighted by molar-refractivity contribution is 1.28. The molecule has 250 valence electrons. The van der Waals surface area contributed by atoms with Gasteiger partial charge in [0.2, 0.25) is 0 Å². The first kappa shape index (κ1) is 27.7. The van der Waals surface area contributed by atoms with Gasteiger partial charge in [-0.2, -0.15) is 0 Å². The summed E-state index contributed by atoms with van der Waals surface area (Å²) < 4.78 is 37.0. The average Bonchev–Trinajstić information content (AvgIpc) is 3.28. The van der Waals surface area contributed by atoms with E-state index in [1.54, 1.807) is 0 Å². The Morgan fingerprint density at radius 1 is 0.283 bits per heavy atom. The van der Waals surface area contributed by atoms with E-state index in [4.69, 9.17) is 2.74 Å². The van der Waals surface area contributed by atoms with Crippen molar-refractivity contribution in [1.82, 2.24) is 0 Å². The van der Waals surface area contributed by atoms with Crippen molar-refractivity contribution in [3.8, 4) is 55.6 Å². The molecule has 0 saturated heterocycles. The summed E-state index contributed by atoms with van der Waals surface area (Å²) in [5.41, 5.74) is 11.6. The fraction of sp³-hybridized carbons (Fsp3) is 0. The Morgan fingerprint density at radius 2 is 0.660 bits per heavy atom. The van der Waals surface area contributed by atoms with Crippen molar-refractivity contribution in [3.05, 3.63) is 224 Å². The van der Waals surface area contributed by atoms with Gasteiger partial charge in [-0.05, 0) is 109 Å². The van der Waals surface area contributed by atoms with E-state index in [-0.39, 0.29) is 29.9 Å². The Kier molecular flexibility index (Phi) is 7.50. The van der Waals surface area contributed by atoms with Crippen LogP contribution in [0.25, 0.3) is 66.4 Å². The lowest BCUT2D eigenvalue weighted by Crippen LogP contribution is -2.10. The molecule has 0 aliphatic carbocycles. The smallest absolute Gasteiger partial charge is 0.0651 e. The highest BCUT2D eigenvalue weighted by molar-refractivity contribution is 5.89. The fourth-order valence-electron chi connectivity index (χ4n) is 6.92. The molecule has 0 N–H and O–H groups in total. The summed E-state index contributed by atoms with van der Waals surface area (Å²) in [4.78, 5) is 1.89. The molecule has 0 spiro atoms. The van der Waals surface area contributed by atoms with Crippen molar-refractivity contribution >= 4 is 27.8 Å². The van der Waals surface area contributed by atoms with Gasteiger partial charge in [-0.1, -0.05) is 182 Å². The van der Waals surface area contributed by atoms with Crippen molar-refractivity contribution in [2.45, 2.75) is 0 Å². The molecule has 1 heteroatoms. The number of nitrogens with zero attached hydrogens (tertiary/aromatic N) is 1. The summed E-state index contributed by atoms with van der Waals surface area (Å²) in [6.45, 7) is 0. The number of fused-ring (bicyclic) bond motifs is 1. The second-order valence-electron chi connectivity index (χ2n) is 13.1. The van der Waals surface area contributed by atoms with Crippen LogP contribution in [0, 0.1) is 0 Å². The van der Waals surface area contributed by atoms with E-state index < -0.39 is 0 Å². The monoisotopic (exact) mass is 679 g/mol. The molecule has 0 amide bonds. The van der Waals surface area contributed by atoms with Gasteiger partial charge in [-0.15, -0.1) is 0 Å². The van der Waals surface area contributed by atoms with Gasteiger partial charge in [-0.3, -0.25) is 0 Å². The highest BCUT2D eigenvalue weighted by Gasteiger charge is 2.15. The molecule has 53 heavy (non-hydrogen) atoms. The minimum atomic E-state index is -0.223. The minimum absolute atomic E-state index is 0.0254. The van der Waals surface area contributed by atoms with Gasteiger partial charge in [0.1, 0.15) is 0 Å². The summed E-state index contributed by atoms with van der Waals surface area (Å²) in [5, 5.41) is 2.03. The molecule has 0 saturated carbocycles. The topological polar surface area (TPSA) is 3.24 Å². The highest BCUT2D eigenvalue weighted by Crippen LogP contribution is 2.39. The van der Waals surface area contributed by atoms with Crippen LogP contribution in [-0.2, 0) is 0 Å². The van der Waals surface area contributed by atoms with E-state index >= 15 is 0 Å². The van der Waals surface area contributed by atoms with Crippen LogP contribution in [-0.4, -0.2) is 0 Å². The van der Waals surface area contributed by atoms with Crippen LogP contribution in [0.4, 0.5) is 17.1 Å². The number of benzene rings is 9. The third kappa shape index (κ3) is 6.77. The molecular formula is C52H37N. The molecule has 0 aromatic heterocycles. The molecule has 9 aromatic rings. The Balaban J connectivity index is 1.14. The molecule has 0 heterocycles. The van der Waals surface area contributed by atoms with E-state index in [0.717, 1.165) is 66.7 Å². The van der Waals surface area contributed by atoms with Gasteiger partial charge in [0.25, 0.3) is 0 Å². The van der Waals surface area contributed by atoms with Gasteiger partial charge in [0.05, 0.1) is 5.48 Å². The van der Waals surface area contributed by atoms with Gasteiger partial charge in [0, 0.05) is 17.1 Å². The predicted molar refractivity (Wildman–Crippen MR) is 226 cm³/mol. The maximum Gasteiger partial charge on any atom is 0.0651 e. The van der Waals surface area contributed by atoms with Crippen molar-refractivity contribution in [2.75, 3.05) is 4.90 Å². The van der Waals surface area contributed by atoms with Gasteiger partial charge in [0.15, 0.2) is 0 Å². The second-order valence-corrected chi connectivity index (χ2v) is 13.1. The second kappa shape index (κ2) is 14.3. The molecule has 0 fully saturated rings. The van der Waals surface area contributed by atoms with E-state index in [0.29, 0.717) is 11.1 Å². The molecule has 9 rings (SSSR count). The molecule has 0 aliphatic heterocycles. The van der Waals surface area contributed by atoms with Crippen LogP contribution >= 0.6 is 0 Å². The van der Waals surface area contributed by atoms with Crippen molar-refractivity contribution in [3.63, 3.8) is 0 Å². The fourth-order valence-corrected chi connectivity index (χ4v) is 6.92. The maximum atomic E-state index is 9.67. The zero-order chi connectivity index (χ0) is 38.9. The van der Waals surface area contributed by atoms with Crippen LogP contribution in [0.2, 0.25) is 0 Å². The van der Waals surface area contributed by atoms with E-state index in [9.17, 15) is 2.74 Å². The van der Waals surface area contributed by atoms with E-state index in [1.165, 1.54) is 0 Å². The maximum absolute atomic E-state index is 9.67. The number of hydrogen-bond donors (Lipinski definition) is 0. The third-order valence-electron chi connectivity index (χ3n) is 9.78. The summed E-state index contributed by atoms with van der Waals surface area (Å²) in [5.74, 6) is 0. The van der Waals surface area contributed by atoms with Crippen molar-refractivity contribution < 1.29 is 5.48 Å². The zero-order valence-electron chi connectivity index (χ0n) is 33.0. The van der Waals surface area contributed by atoms with Crippen molar-refractivity contribution in [2.24, 2.45) is 0 Å². The van der Waals surface area contributed by atoms with E-state index in [2.05, 4.69) is 97.1 Å². The first-order valence-electron chi connectivity index (χ1n) is 19.8. The molecule has 0 aliphatic rings. The van der Waals surface area contributed by atoms with Crippen molar-refractivity contribution in [1.29, 1.82) is 0 Å². The molecule has 9 aromatic carbocycles. The quantitative estimate of drug-likeness (QED) is 0.154. The summed E-state index contributed by atoms with van der Waals surface area (Å²) in [7, 11) is 0. The standard InChI is InChI=1S/C52H37N/c1-3-10-38(11-4-1)41-18-22-43(23-19-41)45-28-32-50(33-29-45)53(52-17-9-16-48(37-52)49-27-26-40-14-7-8-15-47(40)36-49)51-34-30-46(31-35-51)44-24-20-42(21-25-44)39-12-5-2-6-13-39/h1-37H/i9D,16D,17D,37D. The van der Waals surface area contributed by atoms with Crippen LogP contribution in [0.5, 0.6) is 0 Å². The number of hydrogen-bond acceptors (Lipinski definition) is 1. The first-order chi connectivity index (χ1) is 27.9. The average molecular weight is 680 g/mol. The highest BCUT2D eigenvalue weighted by atomic mass is 15.1. The number of rotatable bonds is 8. The zero-order valence-corrected chi connectivity index (χ0v) is 29.0. The van der Waals surface area contributed by atoms with Crippen LogP contribution in [0.15, 0.2) is 224 Å². The Bertz CT molecular complexity index is 2710. The minimum Gasteiger partial charge on any atom is -0.310 e. The van der Waals surface area contributed by atoms with Crippen LogP contribution < -0.4 is 4.90 Å². The van der Waals surface area contributed by atoms with E-state index in [1.807, 2.05) is 108 Å². The summed E-state index contributed by atoms with van der Waals surface area (Å²) >= 11 is 0. The lowest BCUT2D eigenvalue weighted by Gasteiger charge is -2.26. The Morgan fingerprint density at radius 3 is 1.13 bits per heavy atom. The molecule has 0 bridgehead atoms. The molecular weight excluding hydrogens is 639 g/mol. The normalized spacial score (nSPS) is 12.1. The summed E-state index contributed by atoms with van der Waals surface area (Å²) in [6, 6.07) is 67.2. The van der Waals surface area contributed by atoms with Gasteiger partial charge < -0.3 is 4.90 Å². The Hall–Kier alpha value is -6.96.